The number of nitrogens with one attached hydrogen (secondary N) is 1. The summed E-state index contributed by atoms with van der Waals surface area (Å²) in [6.45, 7) is 6.71. The molecule has 2 aliphatic rings. The second-order valence-corrected chi connectivity index (χ2v) is 6.16. The van der Waals surface area contributed by atoms with Gasteiger partial charge >= 0.3 is 0 Å². The Balaban J connectivity index is 1.39. The molecule has 1 aliphatic carbocycles. The maximum absolute atomic E-state index is 5.67. The Bertz CT molecular complexity index is 213. The summed E-state index contributed by atoms with van der Waals surface area (Å²) in [6.07, 6.45) is 8.32. The molecule has 0 atom stereocenters. The van der Waals surface area contributed by atoms with Crippen molar-refractivity contribution in [3.63, 3.8) is 0 Å². The molecule has 1 saturated heterocycles. The summed E-state index contributed by atoms with van der Waals surface area (Å²) in [6, 6.07) is 0. The molecule has 106 valence electrons. The van der Waals surface area contributed by atoms with Crippen LogP contribution in [0.15, 0.2) is 0 Å². The van der Waals surface area contributed by atoms with Crippen molar-refractivity contribution in [3.8, 4) is 0 Å². The molecule has 1 aliphatic heterocycles. The van der Waals surface area contributed by atoms with Gasteiger partial charge in [0.05, 0.1) is 6.61 Å². The van der Waals surface area contributed by atoms with Crippen molar-refractivity contribution in [2.45, 2.75) is 38.5 Å². The highest BCUT2D eigenvalue weighted by molar-refractivity contribution is 4.72. The zero-order valence-corrected chi connectivity index (χ0v) is 12.0. The topological polar surface area (TPSA) is 24.5 Å². The zero-order valence-electron chi connectivity index (χ0n) is 12.0. The van der Waals surface area contributed by atoms with Gasteiger partial charge in [0.2, 0.25) is 0 Å². The number of likely N-dealkylation sites (N-methyl/N-ethyl adjacent to an activating group) is 1. The van der Waals surface area contributed by atoms with Gasteiger partial charge in [-0.3, -0.25) is 0 Å². The number of rotatable bonds is 9. The van der Waals surface area contributed by atoms with Crippen LogP contribution in [0.25, 0.3) is 0 Å². The molecular weight excluding hydrogens is 224 g/mol. The molecule has 0 radical (unpaired) electrons. The third-order valence-corrected chi connectivity index (χ3v) is 4.28. The van der Waals surface area contributed by atoms with E-state index in [2.05, 4.69) is 17.3 Å². The minimum atomic E-state index is 0.898. The molecule has 2 fully saturated rings. The van der Waals surface area contributed by atoms with Gasteiger partial charge in [-0.25, -0.2) is 0 Å². The van der Waals surface area contributed by atoms with E-state index in [1.165, 1.54) is 58.2 Å². The largest absolute Gasteiger partial charge is 0.380 e. The Hall–Kier alpha value is -0.120. The lowest BCUT2D eigenvalue weighted by Gasteiger charge is -2.23. The standard InChI is InChI=1S/C15H30N2O/c1-17(11-12-18-13-15-4-5-15)10-2-3-14-6-8-16-9-7-14/h14-16H,2-13H2,1H3. The van der Waals surface area contributed by atoms with E-state index in [0.717, 1.165) is 31.6 Å². The summed E-state index contributed by atoms with van der Waals surface area (Å²) in [4.78, 5) is 2.42. The molecule has 3 nitrogen and oxygen atoms in total. The molecule has 0 amide bonds. The molecular formula is C15H30N2O. The van der Waals surface area contributed by atoms with Crippen LogP contribution < -0.4 is 5.32 Å². The van der Waals surface area contributed by atoms with Crippen LogP contribution in [0.4, 0.5) is 0 Å². The van der Waals surface area contributed by atoms with Crippen molar-refractivity contribution < 1.29 is 4.74 Å². The molecule has 1 saturated carbocycles. The van der Waals surface area contributed by atoms with Gasteiger partial charge in [-0.15, -0.1) is 0 Å². The van der Waals surface area contributed by atoms with Crippen LogP contribution >= 0.6 is 0 Å². The number of hydrogen-bond acceptors (Lipinski definition) is 3. The first-order valence-electron chi connectivity index (χ1n) is 7.81. The van der Waals surface area contributed by atoms with E-state index >= 15 is 0 Å². The van der Waals surface area contributed by atoms with Crippen LogP contribution in [-0.2, 0) is 4.74 Å². The molecule has 2 rings (SSSR count). The van der Waals surface area contributed by atoms with E-state index < -0.39 is 0 Å². The van der Waals surface area contributed by atoms with Crippen LogP contribution in [0.3, 0.4) is 0 Å². The second kappa shape index (κ2) is 8.13. The SMILES string of the molecule is CN(CCCC1CCNCC1)CCOCC1CC1. The minimum Gasteiger partial charge on any atom is -0.380 e. The zero-order chi connectivity index (χ0) is 12.6. The Morgan fingerprint density at radius 3 is 2.56 bits per heavy atom. The monoisotopic (exact) mass is 254 g/mol. The minimum absolute atomic E-state index is 0.898. The third kappa shape index (κ3) is 6.17. The molecule has 0 spiro atoms. The van der Waals surface area contributed by atoms with Gasteiger partial charge in [-0.05, 0) is 77.0 Å². The molecule has 0 aromatic carbocycles. The molecule has 3 heteroatoms. The Morgan fingerprint density at radius 1 is 1.06 bits per heavy atom. The molecule has 1 heterocycles. The van der Waals surface area contributed by atoms with Gasteiger partial charge in [0, 0.05) is 13.2 Å². The predicted octanol–water partition coefficient (Wildman–Crippen LogP) is 2.12. The Morgan fingerprint density at radius 2 is 1.83 bits per heavy atom. The quantitative estimate of drug-likeness (QED) is 0.638. The molecule has 0 aromatic heterocycles. The maximum atomic E-state index is 5.67. The van der Waals surface area contributed by atoms with Crippen LogP contribution in [-0.4, -0.2) is 51.3 Å². The summed E-state index contributed by atoms with van der Waals surface area (Å²) in [5.41, 5.74) is 0. The highest BCUT2D eigenvalue weighted by Crippen LogP contribution is 2.28. The van der Waals surface area contributed by atoms with Crippen LogP contribution in [0.5, 0.6) is 0 Å². The van der Waals surface area contributed by atoms with Crippen molar-refractivity contribution in [3.05, 3.63) is 0 Å². The van der Waals surface area contributed by atoms with Gasteiger partial charge in [-0.2, -0.15) is 0 Å². The van der Waals surface area contributed by atoms with E-state index in [0.29, 0.717) is 0 Å². The molecule has 18 heavy (non-hydrogen) atoms. The first-order valence-corrected chi connectivity index (χ1v) is 7.81. The van der Waals surface area contributed by atoms with Crippen LogP contribution in [0.2, 0.25) is 0 Å². The molecule has 0 bridgehead atoms. The number of piperidine rings is 1. The van der Waals surface area contributed by atoms with Crippen molar-refractivity contribution in [2.24, 2.45) is 11.8 Å². The van der Waals surface area contributed by atoms with Gasteiger partial charge in [-0.1, -0.05) is 0 Å². The van der Waals surface area contributed by atoms with Gasteiger partial charge in [0.15, 0.2) is 0 Å². The number of ether oxygens (including phenoxy) is 1. The number of hydrogen-bond donors (Lipinski definition) is 1. The lowest BCUT2D eigenvalue weighted by atomic mass is 9.93. The van der Waals surface area contributed by atoms with Crippen molar-refractivity contribution >= 4 is 0 Å². The molecule has 0 unspecified atom stereocenters. The predicted molar refractivity (Wildman–Crippen MR) is 75.9 cm³/mol. The van der Waals surface area contributed by atoms with E-state index in [1.54, 1.807) is 0 Å². The van der Waals surface area contributed by atoms with E-state index in [-0.39, 0.29) is 0 Å². The number of nitrogens with zero attached hydrogens (tertiary/aromatic N) is 1. The van der Waals surface area contributed by atoms with Crippen LogP contribution in [0.1, 0.15) is 38.5 Å². The fraction of sp³-hybridized carbons (Fsp3) is 1.00. The van der Waals surface area contributed by atoms with E-state index in [1.807, 2.05) is 0 Å². The molecule has 1 N–H and O–H groups in total. The average molecular weight is 254 g/mol. The fourth-order valence-corrected chi connectivity index (χ4v) is 2.69. The smallest absolute Gasteiger partial charge is 0.0593 e. The lowest BCUT2D eigenvalue weighted by Crippen LogP contribution is -2.29. The maximum Gasteiger partial charge on any atom is 0.0593 e. The first kappa shape index (κ1) is 14.3. The van der Waals surface area contributed by atoms with Gasteiger partial charge in [0.25, 0.3) is 0 Å². The first-order chi connectivity index (χ1) is 8.84. The van der Waals surface area contributed by atoms with E-state index in [4.69, 9.17) is 4.74 Å². The fourth-order valence-electron chi connectivity index (χ4n) is 2.69. The highest BCUT2D eigenvalue weighted by Gasteiger charge is 2.20. The third-order valence-electron chi connectivity index (χ3n) is 4.28. The van der Waals surface area contributed by atoms with E-state index in [9.17, 15) is 0 Å². The Labute approximate surface area is 112 Å². The summed E-state index contributed by atoms with van der Waals surface area (Å²) in [5.74, 6) is 1.88. The van der Waals surface area contributed by atoms with Crippen molar-refractivity contribution in [1.29, 1.82) is 0 Å². The normalized spacial score (nSPS) is 21.7. The summed E-state index contributed by atoms with van der Waals surface area (Å²) in [5, 5.41) is 3.44. The van der Waals surface area contributed by atoms with Gasteiger partial charge in [0.1, 0.15) is 0 Å². The lowest BCUT2D eigenvalue weighted by molar-refractivity contribution is 0.102. The summed E-state index contributed by atoms with van der Waals surface area (Å²) >= 11 is 0. The second-order valence-electron chi connectivity index (χ2n) is 6.16. The molecule has 0 aromatic rings. The van der Waals surface area contributed by atoms with Crippen LogP contribution in [0, 0.1) is 11.8 Å². The highest BCUT2D eigenvalue weighted by atomic mass is 16.5. The summed E-state index contributed by atoms with van der Waals surface area (Å²) in [7, 11) is 2.23. The van der Waals surface area contributed by atoms with Crippen molar-refractivity contribution in [2.75, 3.05) is 46.4 Å². The van der Waals surface area contributed by atoms with Gasteiger partial charge < -0.3 is 15.0 Å². The summed E-state index contributed by atoms with van der Waals surface area (Å²) < 4.78 is 5.67. The van der Waals surface area contributed by atoms with Crippen molar-refractivity contribution in [1.82, 2.24) is 10.2 Å². The Kier molecular flexibility index (Phi) is 6.46. The average Bonchev–Trinajstić information content (AvgIpc) is 3.20.